The standard InChI is InChI=1S/C56H56N2O6/c59-53-27-7-3-1-5-17-37-61-51-25-15-16-26-52(51)62-38-18-6-2-4-8-28-54(60)64-40-42-31-35-44(36-32-42)58-50-24-14-13-23-49(50)57(43-33-29-41(30-34-43)39-63-53)55-47-21-11-9-19-45(47)46-20-10-12-22-48(46)56(55)58/h9-16,19-26,29-36H,1-8,17-18,27-28,37-40H2. The molecule has 0 fully saturated rings. The van der Waals surface area contributed by atoms with Crippen LogP contribution in [-0.2, 0) is 32.3 Å². The lowest BCUT2D eigenvalue weighted by molar-refractivity contribution is -0.146. The highest BCUT2D eigenvalue weighted by molar-refractivity contribution is 6.25. The molecule has 0 unspecified atom stereocenters. The summed E-state index contributed by atoms with van der Waals surface area (Å²) in [4.78, 5) is 30.4. The lowest BCUT2D eigenvalue weighted by Crippen LogP contribution is -2.24. The zero-order valence-electron chi connectivity index (χ0n) is 36.5. The van der Waals surface area contributed by atoms with E-state index in [-0.39, 0.29) is 25.2 Å². The van der Waals surface area contributed by atoms with Crippen LogP contribution in [0.5, 0.6) is 11.5 Å². The number of para-hydroxylation sites is 4. The van der Waals surface area contributed by atoms with Gasteiger partial charge >= 0.3 is 11.9 Å². The fourth-order valence-electron chi connectivity index (χ4n) is 8.99. The van der Waals surface area contributed by atoms with Gasteiger partial charge in [0, 0.05) is 35.0 Å². The molecule has 6 bridgehead atoms. The van der Waals surface area contributed by atoms with Crippen LogP contribution in [0.4, 0.5) is 34.1 Å². The molecule has 64 heavy (non-hydrogen) atoms. The summed E-state index contributed by atoms with van der Waals surface area (Å²) in [6, 6.07) is 50.5. The largest absolute Gasteiger partial charge is 0.490 e. The molecule has 12 rings (SSSR count). The van der Waals surface area contributed by atoms with Gasteiger partial charge in [-0.05, 0) is 96.1 Å². The van der Waals surface area contributed by atoms with Gasteiger partial charge in [0.15, 0.2) is 11.5 Å². The van der Waals surface area contributed by atoms with Crippen LogP contribution in [0.2, 0.25) is 0 Å². The van der Waals surface area contributed by atoms with Gasteiger partial charge in [0.25, 0.3) is 0 Å². The van der Waals surface area contributed by atoms with Crippen molar-refractivity contribution >= 4 is 67.6 Å². The Hall–Kier alpha value is -6.80. The van der Waals surface area contributed by atoms with Gasteiger partial charge in [-0.25, -0.2) is 0 Å². The summed E-state index contributed by atoms with van der Waals surface area (Å²) >= 11 is 0. The zero-order valence-corrected chi connectivity index (χ0v) is 36.5. The Morgan fingerprint density at radius 1 is 0.344 bits per heavy atom. The Kier molecular flexibility index (Phi) is 13.7. The van der Waals surface area contributed by atoms with Gasteiger partial charge in [0.1, 0.15) is 13.2 Å². The second-order valence-corrected chi connectivity index (χ2v) is 16.8. The van der Waals surface area contributed by atoms with E-state index in [1.165, 1.54) is 10.8 Å². The number of ether oxygens (including phenoxy) is 4. The summed E-state index contributed by atoms with van der Waals surface area (Å²) in [5.41, 5.74) is 8.14. The van der Waals surface area contributed by atoms with Crippen molar-refractivity contribution in [3.8, 4) is 11.5 Å². The van der Waals surface area contributed by atoms with E-state index in [0.717, 1.165) is 132 Å². The lowest BCUT2D eigenvalue weighted by Gasteiger charge is -2.42. The number of carbonyl (C=O) groups excluding carboxylic acids is 2. The molecule has 0 atom stereocenters. The van der Waals surface area contributed by atoms with Crippen molar-refractivity contribution in [1.82, 2.24) is 0 Å². The van der Waals surface area contributed by atoms with Crippen molar-refractivity contribution in [1.29, 1.82) is 0 Å². The molecule has 0 aromatic heterocycles. The number of anilines is 6. The third-order valence-electron chi connectivity index (χ3n) is 12.3. The Morgan fingerprint density at radius 3 is 1.14 bits per heavy atom. The monoisotopic (exact) mass is 852 g/mol. The Bertz CT molecular complexity index is 2510. The lowest BCUT2D eigenvalue weighted by atomic mass is 9.93. The molecule has 5 heterocycles. The molecule has 0 saturated heterocycles. The summed E-state index contributed by atoms with van der Waals surface area (Å²) in [7, 11) is 0. The molecule has 8 heteroatoms. The molecule has 8 nitrogen and oxygen atoms in total. The summed E-state index contributed by atoms with van der Waals surface area (Å²) in [6.07, 6.45) is 10.4. The average molecular weight is 853 g/mol. The fourth-order valence-corrected chi connectivity index (χ4v) is 8.99. The molecule has 0 spiro atoms. The van der Waals surface area contributed by atoms with E-state index in [2.05, 4.69) is 131 Å². The van der Waals surface area contributed by atoms with Gasteiger partial charge in [-0.15, -0.1) is 0 Å². The van der Waals surface area contributed by atoms with Crippen molar-refractivity contribution in [2.75, 3.05) is 23.0 Å². The van der Waals surface area contributed by atoms with Crippen LogP contribution >= 0.6 is 0 Å². The molecule has 0 N–H and O–H groups in total. The fraction of sp³-hybridized carbons (Fsp3) is 0.286. The predicted octanol–water partition coefficient (Wildman–Crippen LogP) is 14.5. The summed E-state index contributed by atoms with van der Waals surface area (Å²) in [5.74, 6) is 1.22. The molecule has 5 aliphatic heterocycles. The Balaban J connectivity index is 0.982. The van der Waals surface area contributed by atoms with Crippen molar-refractivity contribution in [3.63, 3.8) is 0 Å². The van der Waals surface area contributed by atoms with Crippen molar-refractivity contribution < 1.29 is 28.5 Å². The maximum absolute atomic E-state index is 12.8. The van der Waals surface area contributed by atoms with Crippen LogP contribution < -0.4 is 19.3 Å². The van der Waals surface area contributed by atoms with E-state index in [1.807, 2.05) is 24.3 Å². The number of hydrogen-bond donors (Lipinski definition) is 0. The van der Waals surface area contributed by atoms with Crippen LogP contribution in [0.15, 0.2) is 146 Å². The van der Waals surface area contributed by atoms with Crippen LogP contribution in [0.3, 0.4) is 0 Å². The molecule has 7 aromatic carbocycles. The zero-order chi connectivity index (χ0) is 43.5. The second-order valence-electron chi connectivity index (χ2n) is 16.8. The summed E-state index contributed by atoms with van der Waals surface area (Å²) in [6.45, 7) is 1.70. The molecular formula is C56H56N2O6. The maximum Gasteiger partial charge on any atom is 0.306 e. The quantitative estimate of drug-likeness (QED) is 0.110. The smallest absolute Gasteiger partial charge is 0.306 e. The topological polar surface area (TPSA) is 77.5 Å². The molecule has 0 radical (unpaired) electrons. The second kappa shape index (κ2) is 20.6. The highest BCUT2D eigenvalue weighted by atomic mass is 16.5. The van der Waals surface area contributed by atoms with Crippen molar-refractivity contribution in [2.45, 2.75) is 90.3 Å². The maximum atomic E-state index is 12.8. The number of hydrogen-bond acceptors (Lipinski definition) is 8. The molecular weight excluding hydrogens is 797 g/mol. The van der Waals surface area contributed by atoms with Gasteiger partial charge in [-0.2, -0.15) is 0 Å². The summed E-state index contributed by atoms with van der Waals surface area (Å²) in [5, 5.41) is 4.63. The molecule has 0 aliphatic carbocycles. The predicted molar refractivity (Wildman–Crippen MR) is 257 cm³/mol. The third kappa shape index (κ3) is 9.71. The van der Waals surface area contributed by atoms with Crippen molar-refractivity contribution in [3.05, 3.63) is 157 Å². The molecule has 0 amide bonds. The number of benzene rings is 7. The van der Waals surface area contributed by atoms with E-state index in [1.54, 1.807) is 0 Å². The van der Waals surface area contributed by atoms with Crippen molar-refractivity contribution in [2.24, 2.45) is 0 Å². The average Bonchev–Trinajstić information content (AvgIpc) is 3.34. The number of carbonyl (C=O) groups is 2. The van der Waals surface area contributed by atoms with E-state index < -0.39 is 0 Å². The minimum absolute atomic E-state index is 0.168. The molecule has 0 saturated carbocycles. The minimum Gasteiger partial charge on any atom is -0.490 e. The minimum atomic E-state index is -0.168. The third-order valence-corrected chi connectivity index (χ3v) is 12.3. The Morgan fingerprint density at radius 2 is 0.703 bits per heavy atom. The number of rotatable bonds is 0. The van der Waals surface area contributed by atoms with Gasteiger partial charge in [0.2, 0.25) is 0 Å². The first-order valence-electron chi connectivity index (χ1n) is 23.1. The first kappa shape index (κ1) is 42.5. The highest BCUT2D eigenvalue weighted by Crippen LogP contribution is 2.59. The van der Waals surface area contributed by atoms with E-state index >= 15 is 0 Å². The summed E-state index contributed by atoms with van der Waals surface area (Å²) < 4.78 is 23.7. The van der Waals surface area contributed by atoms with Gasteiger partial charge in [-0.3, -0.25) is 9.59 Å². The molecule has 5 aliphatic rings. The Labute approximate surface area is 376 Å². The molecule has 7 aromatic rings. The van der Waals surface area contributed by atoms with Gasteiger partial charge in [0.05, 0.1) is 36.0 Å². The first-order valence-corrected chi connectivity index (χ1v) is 23.1. The number of fused-ring (bicyclic) bond motifs is 5. The van der Waals surface area contributed by atoms with Crippen LogP contribution in [-0.4, -0.2) is 25.2 Å². The van der Waals surface area contributed by atoms with E-state index in [9.17, 15) is 9.59 Å². The van der Waals surface area contributed by atoms with Crippen LogP contribution in [0.25, 0.3) is 21.5 Å². The van der Waals surface area contributed by atoms with Crippen LogP contribution in [0.1, 0.15) is 88.2 Å². The first-order chi connectivity index (χ1) is 31.6. The molecule has 326 valence electrons. The van der Waals surface area contributed by atoms with Crippen LogP contribution in [0, 0.1) is 0 Å². The van der Waals surface area contributed by atoms with E-state index in [0.29, 0.717) is 26.1 Å². The van der Waals surface area contributed by atoms with Gasteiger partial charge in [-0.1, -0.05) is 136 Å². The SMILES string of the molecule is O=C1CCCCCCCOc2ccccc2OCCCCCCCC(=O)OCc2ccc(cc2)N2c3ccccc3N(c3ccc(cc3)CO1)c1c2c2ccccc2c2ccccc12. The van der Waals surface area contributed by atoms with Gasteiger partial charge < -0.3 is 28.7 Å². The number of nitrogens with zero attached hydrogens (tertiary/aromatic N) is 2. The highest BCUT2D eigenvalue weighted by Gasteiger charge is 2.34. The number of esters is 2. The van der Waals surface area contributed by atoms with E-state index in [4.69, 9.17) is 18.9 Å². The normalized spacial score (nSPS) is 16.2.